The van der Waals surface area contributed by atoms with Crippen molar-refractivity contribution in [1.29, 1.82) is 0 Å². The lowest BCUT2D eigenvalue weighted by molar-refractivity contribution is 0.00578. The average molecular weight is 397 g/mol. The molecular formula is C25H24BNO3. The zero-order chi connectivity index (χ0) is 21.1. The Labute approximate surface area is 176 Å². The Morgan fingerprint density at radius 1 is 0.800 bits per heavy atom. The molecule has 0 N–H and O–H groups in total. The number of carbonyl (C=O) groups is 1. The second kappa shape index (κ2) is 6.56. The molecule has 0 atom stereocenters. The van der Waals surface area contributed by atoms with Crippen LogP contribution >= 0.6 is 0 Å². The molecule has 0 radical (unpaired) electrons. The van der Waals surface area contributed by atoms with Crippen LogP contribution in [0.3, 0.4) is 0 Å². The summed E-state index contributed by atoms with van der Waals surface area (Å²) in [4.78, 5) is 11.1. The van der Waals surface area contributed by atoms with E-state index in [9.17, 15) is 4.79 Å². The van der Waals surface area contributed by atoms with Crippen LogP contribution < -0.4 is 5.46 Å². The summed E-state index contributed by atoms with van der Waals surface area (Å²) in [5, 5.41) is 2.32. The lowest BCUT2D eigenvalue weighted by Gasteiger charge is -2.32. The zero-order valence-electron chi connectivity index (χ0n) is 17.7. The van der Waals surface area contributed by atoms with Gasteiger partial charge in [0.1, 0.15) is 6.29 Å². The molecule has 0 spiro atoms. The fraction of sp³-hybridized carbons (Fsp3) is 0.240. The van der Waals surface area contributed by atoms with Crippen LogP contribution in [0.1, 0.15) is 38.1 Å². The summed E-state index contributed by atoms with van der Waals surface area (Å²) in [5.41, 5.74) is 4.19. The highest BCUT2D eigenvalue weighted by atomic mass is 16.7. The molecule has 1 saturated heterocycles. The van der Waals surface area contributed by atoms with E-state index in [0.717, 1.165) is 33.9 Å². The molecule has 0 unspecified atom stereocenters. The number of aldehydes is 1. The zero-order valence-corrected chi connectivity index (χ0v) is 17.7. The van der Waals surface area contributed by atoms with E-state index in [1.807, 2.05) is 30.3 Å². The molecule has 1 aliphatic heterocycles. The number of aromatic nitrogens is 1. The highest BCUT2D eigenvalue weighted by Crippen LogP contribution is 2.37. The van der Waals surface area contributed by atoms with E-state index in [1.54, 1.807) is 0 Å². The van der Waals surface area contributed by atoms with Gasteiger partial charge < -0.3 is 13.9 Å². The van der Waals surface area contributed by atoms with Crippen LogP contribution in [-0.4, -0.2) is 29.2 Å². The van der Waals surface area contributed by atoms with E-state index in [0.29, 0.717) is 5.56 Å². The molecule has 150 valence electrons. The van der Waals surface area contributed by atoms with Crippen molar-refractivity contribution in [2.24, 2.45) is 0 Å². The molecule has 0 aliphatic carbocycles. The summed E-state index contributed by atoms with van der Waals surface area (Å²) in [5.74, 6) is 0. The van der Waals surface area contributed by atoms with Gasteiger partial charge >= 0.3 is 7.12 Å². The molecule has 0 amide bonds. The molecular weight excluding hydrogens is 373 g/mol. The predicted molar refractivity (Wildman–Crippen MR) is 122 cm³/mol. The van der Waals surface area contributed by atoms with Crippen LogP contribution in [0.4, 0.5) is 0 Å². The van der Waals surface area contributed by atoms with Gasteiger partial charge in [-0.15, -0.1) is 0 Å². The second-order valence-electron chi connectivity index (χ2n) is 8.93. The van der Waals surface area contributed by atoms with E-state index in [2.05, 4.69) is 68.7 Å². The predicted octanol–water partition coefficient (Wildman–Crippen LogP) is 4.90. The summed E-state index contributed by atoms with van der Waals surface area (Å²) >= 11 is 0. The van der Waals surface area contributed by atoms with E-state index in [1.165, 1.54) is 5.39 Å². The smallest absolute Gasteiger partial charge is 0.399 e. The molecule has 5 heteroatoms. The third-order valence-corrected chi connectivity index (χ3v) is 6.51. The topological polar surface area (TPSA) is 40.5 Å². The van der Waals surface area contributed by atoms with Gasteiger partial charge in [0.2, 0.25) is 0 Å². The molecule has 0 bridgehead atoms. The molecule has 1 aliphatic rings. The monoisotopic (exact) mass is 397 g/mol. The minimum atomic E-state index is -0.395. The number of benzene rings is 3. The van der Waals surface area contributed by atoms with Gasteiger partial charge in [-0.1, -0.05) is 30.3 Å². The first-order chi connectivity index (χ1) is 14.3. The number of fused-ring (bicyclic) bond motifs is 3. The first-order valence-corrected chi connectivity index (χ1v) is 10.3. The van der Waals surface area contributed by atoms with E-state index in [-0.39, 0.29) is 11.2 Å². The van der Waals surface area contributed by atoms with Crippen LogP contribution in [0.5, 0.6) is 0 Å². The van der Waals surface area contributed by atoms with Crippen LogP contribution in [0.2, 0.25) is 0 Å². The molecule has 0 saturated carbocycles. The molecule has 4 aromatic rings. The van der Waals surface area contributed by atoms with Gasteiger partial charge in [-0.05, 0) is 69.6 Å². The van der Waals surface area contributed by atoms with Crippen LogP contribution in [0.25, 0.3) is 27.5 Å². The standard InChI is InChI=1S/C25H24BNO3/c1-24(2)25(3,4)30-26(29-24)18-11-14-23-21(15-18)20-7-5-6-8-22(20)27(23)19-12-9-17(16-28)10-13-19/h5-16H,1-4H3. The van der Waals surface area contributed by atoms with Crippen LogP contribution in [0.15, 0.2) is 66.7 Å². The van der Waals surface area contributed by atoms with Gasteiger partial charge in [0.05, 0.1) is 22.2 Å². The van der Waals surface area contributed by atoms with Gasteiger partial charge in [-0.25, -0.2) is 0 Å². The van der Waals surface area contributed by atoms with Crippen molar-refractivity contribution in [3.63, 3.8) is 0 Å². The Bertz CT molecular complexity index is 1260. The number of nitrogens with zero attached hydrogens (tertiary/aromatic N) is 1. The maximum absolute atomic E-state index is 11.1. The Morgan fingerprint density at radius 2 is 1.43 bits per heavy atom. The van der Waals surface area contributed by atoms with Gasteiger partial charge in [0, 0.05) is 22.0 Å². The molecule has 5 rings (SSSR count). The number of carbonyl (C=O) groups excluding carboxylic acids is 1. The van der Waals surface area contributed by atoms with Crippen LogP contribution in [-0.2, 0) is 9.31 Å². The summed E-state index contributed by atoms with van der Waals surface area (Å²) in [6, 6.07) is 22.4. The van der Waals surface area contributed by atoms with Crippen molar-refractivity contribution in [3.8, 4) is 5.69 Å². The second-order valence-corrected chi connectivity index (χ2v) is 8.93. The molecule has 4 nitrogen and oxygen atoms in total. The summed E-state index contributed by atoms with van der Waals surface area (Å²) in [6.07, 6.45) is 0.868. The van der Waals surface area contributed by atoms with Crippen molar-refractivity contribution >= 4 is 40.7 Å². The minimum Gasteiger partial charge on any atom is -0.399 e. The average Bonchev–Trinajstić information content (AvgIpc) is 3.17. The van der Waals surface area contributed by atoms with Gasteiger partial charge in [-0.3, -0.25) is 4.79 Å². The Morgan fingerprint density at radius 3 is 2.10 bits per heavy atom. The largest absolute Gasteiger partial charge is 0.494 e. The van der Waals surface area contributed by atoms with Gasteiger partial charge in [0.15, 0.2) is 0 Å². The van der Waals surface area contributed by atoms with E-state index < -0.39 is 7.12 Å². The Balaban J connectivity index is 1.69. The number of para-hydroxylation sites is 1. The molecule has 1 fully saturated rings. The summed E-state index contributed by atoms with van der Waals surface area (Å²) < 4.78 is 14.8. The number of hydrogen-bond donors (Lipinski definition) is 0. The number of hydrogen-bond acceptors (Lipinski definition) is 3. The fourth-order valence-corrected chi connectivity index (χ4v) is 4.10. The maximum atomic E-state index is 11.1. The molecule has 30 heavy (non-hydrogen) atoms. The van der Waals surface area contributed by atoms with Crippen molar-refractivity contribution in [2.45, 2.75) is 38.9 Å². The van der Waals surface area contributed by atoms with E-state index >= 15 is 0 Å². The highest BCUT2D eigenvalue weighted by Gasteiger charge is 2.51. The quantitative estimate of drug-likeness (QED) is 0.365. The summed E-state index contributed by atoms with van der Waals surface area (Å²) in [7, 11) is -0.395. The molecule has 2 heterocycles. The SMILES string of the molecule is CC1(C)OB(c2ccc3c(c2)c2ccccc2n3-c2ccc(C=O)cc2)OC1(C)C. The van der Waals surface area contributed by atoms with Gasteiger partial charge in [0.25, 0.3) is 0 Å². The van der Waals surface area contributed by atoms with Crippen molar-refractivity contribution < 1.29 is 14.1 Å². The third kappa shape index (κ3) is 2.81. The number of rotatable bonds is 3. The van der Waals surface area contributed by atoms with Crippen LogP contribution in [0, 0.1) is 0 Å². The lowest BCUT2D eigenvalue weighted by Crippen LogP contribution is -2.41. The molecule has 1 aromatic heterocycles. The Kier molecular flexibility index (Phi) is 4.18. The maximum Gasteiger partial charge on any atom is 0.494 e. The molecule has 3 aromatic carbocycles. The fourth-order valence-electron chi connectivity index (χ4n) is 4.10. The normalized spacial score (nSPS) is 17.7. The van der Waals surface area contributed by atoms with Gasteiger partial charge in [-0.2, -0.15) is 0 Å². The highest BCUT2D eigenvalue weighted by molar-refractivity contribution is 6.62. The summed E-state index contributed by atoms with van der Waals surface area (Å²) in [6.45, 7) is 8.28. The van der Waals surface area contributed by atoms with Crippen molar-refractivity contribution in [2.75, 3.05) is 0 Å². The first-order valence-electron chi connectivity index (χ1n) is 10.3. The van der Waals surface area contributed by atoms with E-state index in [4.69, 9.17) is 9.31 Å². The third-order valence-electron chi connectivity index (χ3n) is 6.51. The first kappa shape index (κ1) is 19.1. The lowest BCUT2D eigenvalue weighted by atomic mass is 9.78. The van der Waals surface area contributed by atoms with Crippen molar-refractivity contribution in [1.82, 2.24) is 4.57 Å². The minimum absolute atomic E-state index is 0.374. The Hall–Kier alpha value is -2.89. The van der Waals surface area contributed by atoms with Crippen molar-refractivity contribution in [3.05, 3.63) is 72.3 Å².